The Hall–Kier alpha value is -3.14. The van der Waals surface area contributed by atoms with E-state index in [0.29, 0.717) is 5.69 Å². The summed E-state index contributed by atoms with van der Waals surface area (Å²) >= 11 is 0. The van der Waals surface area contributed by atoms with Crippen molar-refractivity contribution in [1.29, 1.82) is 0 Å². The Morgan fingerprint density at radius 2 is 2.10 bits per heavy atom. The molecule has 1 amide bonds. The van der Waals surface area contributed by atoms with Gasteiger partial charge < -0.3 is 5.32 Å². The molecule has 7 nitrogen and oxygen atoms in total. The second kappa shape index (κ2) is 5.67. The summed E-state index contributed by atoms with van der Waals surface area (Å²) in [6.07, 6.45) is 6.63. The van der Waals surface area contributed by atoms with Crippen molar-refractivity contribution >= 4 is 11.6 Å². The van der Waals surface area contributed by atoms with Crippen molar-refractivity contribution < 1.29 is 9.72 Å². The van der Waals surface area contributed by atoms with Crippen LogP contribution < -0.4 is 5.32 Å². The van der Waals surface area contributed by atoms with Crippen molar-refractivity contribution in [2.75, 3.05) is 6.54 Å². The number of hydrogen-bond donors (Lipinski definition) is 1. The molecule has 20 heavy (non-hydrogen) atoms. The van der Waals surface area contributed by atoms with Gasteiger partial charge in [0.1, 0.15) is 0 Å². The van der Waals surface area contributed by atoms with Gasteiger partial charge in [0.25, 0.3) is 11.6 Å². The first kappa shape index (κ1) is 13.3. The number of nitrogens with zero attached hydrogens (tertiary/aromatic N) is 3. The van der Waals surface area contributed by atoms with Crippen LogP contribution >= 0.6 is 0 Å². The number of nitrogens with one attached hydrogen (secondary N) is 1. The fraction of sp³-hybridized carbons (Fsp3) is 0.0769. The van der Waals surface area contributed by atoms with E-state index in [1.807, 2.05) is 0 Å². The van der Waals surface area contributed by atoms with E-state index < -0.39 is 4.92 Å². The van der Waals surface area contributed by atoms with Crippen LogP contribution in [0.2, 0.25) is 0 Å². The van der Waals surface area contributed by atoms with Crippen LogP contribution in [0.25, 0.3) is 5.69 Å². The summed E-state index contributed by atoms with van der Waals surface area (Å²) in [5.41, 5.74) is 0.832. The summed E-state index contributed by atoms with van der Waals surface area (Å²) in [5, 5.41) is 17.1. The minimum Gasteiger partial charge on any atom is -0.340 e. The van der Waals surface area contributed by atoms with Gasteiger partial charge >= 0.3 is 0 Å². The highest BCUT2D eigenvalue weighted by Crippen LogP contribution is 2.14. The van der Waals surface area contributed by atoms with Gasteiger partial charge in [-0.3, -0.25) is 14.9 Å². The zero-order valence-electron chi connectivity index (χ0n) is 10.3. The highest BCUT2D eigenvalue weighted by Gasteiger charge is 2.10. The molecule has 1 aromatic heterocycles. The maximum absolute atomic E-state index is 11.6. The number of benzene rings is 1. The number of rotatable bonds is 4. The van der Waals surface area contributed by atoms with Crippen LogP contribution in [0.4, 0.5) is 5.69 Å². The molecule has 0 radical (unpaired) electrons. The number of non-ortho nitro benzene ring substituents is 1. The molecule has 0 atom stereocenters. The Morgan fingerprint density at radius 3 is 2.70 bits per heavy atom. The predicted octanol–water partition coefficient (Wildman–Crippen LogP) is 1.14. The van der Waals surface area contributed by atoms with E-state index >= 15 is 0 Å². The lowest BCUT2D eigenvalue weighted by atomic mass is 10.3. The third-order valence-corrected chi connectivity index (χ3v) is 2.50. The number of amides is 1. The van der Waals surface area contributed by atoms with Crippen LogP contribution in [0.1, 0.15) is 10.5 Å². The van der Waals surface area contributed by atoms with Gasteiger partial charge in [-0.25, -0.2) is 4.68 Å². The fourth-order valence-electron chi connectivity index (χ4n) is 1.54. The van der Waals surface area contributed by atoms with Crippen LogP contribution in [0.15, 0.2) is 36.5 Å². The number of hydrogen-bond acceptors (Lipinski definition) is 4. The van der Waals surface area contributed by atoms with E-state index in [0.717, 1.165) is 0 Å². The average molecular weight is 270 g/mol. The number of carbonyl (C=O) groups excluding carboxylic acids is 1. The summed E-state index contributed by atoms with van der Waals surface area (Å²) in [6.45, 7) is 0.128. The topological polar surface area (TPSA) is 90.1 Å². The van der Waals surface area contributed by atoms with Crippen molar-refractivity contribution in [2.45, 2.75) is 0 Å². The Kier molecular flexibility index (Phi) is 3.77. The van der Waals surface area contributed by atoms with Gasteiger partial charge in [-0.05, 0) is 18.2 Å². The molecule has 0 aliphatic heterocycles. The van der Waals surface area contributed by atoms with Crippen molar-refractivity contribution in [3.05, 3.63) is 52.3 Å². The minimum atomic E-state index is -0.481. The second-order valence-electron chi connectivity index (χ2n) is 3.81. The Morgan fingerprint density at radius 1 is 1.40 bits per heavy atom. The molecule has 0 aliphatic rings. The highest BCUT2D eigenvalue weighted by molar-refractivity contribution is 5.92. The molecule has 2 aromatic rings. The minimum absolute atomic E-state index is 0.00658. The molecular formula is C13H10N4O3. The van der Waals surface area contributed by atoms with Crippen LogP contribution in [-0.2, 0) is 0 Å². The summed E-state index contributed by atoms with van der Waals surface area (Å²) in [6, 6.07) is 7.37. The van der Waals surface area contributed by atoms with Crippen molar-refractivity contribution in [3.63, 3.8) is 0 Å². The first-order valence-electron chi connectivity index (χ1n) is 5.64. The van der Waals surface area contributed by atoms with Crippen LogP contribution in [0.5, 0.6) is 0 Å². The maximum Gasteiger partial charge on any atom is 0.272 e. The molecule has 0 unspecified atom stereocenters. The average Bonchev–Trinajstić information content (AvgIpc) is 2.94. The summed E-state index contributed by atoms with van der Waals surface area (Å²) in [4.78, 5) is 21.7. The monoisotopic (exact) mass is 270 g/mol. The normalized spacial score (nSPS) is 9.75. The third-order valence-electron chi connectivity index (χ3n) is 2.50. The van der Waals surface area contributed by atoms with Gasteiger partial charge in [-0.1, -0.05) is 5.92 Å². The lowest BCUT2D eigenvalue weighted by molar-refractivity contribution is -0.384. The molecule has 1 N–H and O–H groups in total. The molecule has 0 aliphatic carbocycles. The summed E-state index contributed by atoms with van der Waals surface area (Å²) in [5.74, 6) is 1.92. The van der Waals surface area contributed by atoms with Crippen LogP contribution in [0.3, 0.4) is 0 Å². The first-order valence-corrected chi connectivity index (χ1v) is 5.64. The van der Waals surface area contributed by atoms with E-state index in [4.69, 9.17) is 6.42 Å². The Labute approximate surface area is 114 Å². The smallest absolute Gasteiger partial charge is 0.272 e. The van der Waals surface area contributed by atoms with E-state index in [1.54, 1.807) is 18.3 Å². The van der Waals surface area contributed by atoms with E-state index in [1.165, 1.54) is 22.9 Å². The summed E-state index contributed by atoms with van der Waals surface area (Å²) in [7, 11) is 0. The standard InChI is InChI=1S/C13H10N4O3/c1-2-8-14-13(18)12-7-9-16(15-12)10-3-5-11(6-4-10)17(19)20/h1,3-7,9H,8H2,(H,14,18). The molecule has 0 spiro atoms. The number of carbonyl (C=O) groups is 1. The molecule has 0 saturated carbocycles. The van der Waals surface area contributed by atoms with Gasteiger partial charge in [0.2, 0.25) is 0 Å². The van der Waals surface area contributed by atoms with Gasteiger partial charge in [-0.2, -0.15) is 5.10 Å². The number of terminal acetylenes is 1. The van der Waals surface area contributed by atoms with Crippen molar-refractivity contribution in [1.82, 2.24) is 15.1 Å². The zero-order chi connectivity index (χ0) is 14.5. The van der Waals surface area contributed by atoms with Crippen molar-refractivity contribution in [3.8, 4) is 18.0 Å². The van der Waals surface area contributed by atoms with Gasteiger partial charge in [-0.15, -0.1) is 6.42 Å². The van der Waals surface area contributed by atoms with E-state index in [2.05, 4.69) is 16.3 Å². The van der Waals surface area contributed by atoms with Crippen molar-refractivity contribution in [2.24, 2.45) is 0 Å². The quantitative estimate of drug-likeness (QED) is 0.512. The molecule has 0 fully saturated rings. The second-order valence-corrected chi connectivity index (χ2v) is 3.81. The van der Waals surface area contributed by atoms with E-state index in [9.17, 15) is 14.9 Å². The molecule has 2 rings (SSSR count). The Balaban J connectivity index is 2.18. The number of nitro groups is 1. The van der Waals surface area contributed by atoms with Gasteiger partial charge in [0, 0.05) is 18.3 Å². The maximum atomic E-state index is 11.6. The fourth-order valence-corrected chi connectivity index (χ4v) is 1.54. The van der Waals surface area contributed by atoms with Crippen LogP contribution in [-0.4, -0.2) is 27.2 Å². The van der Waals surface area contributed by atoms with E-state index in [-0.39, 0.29) is 23.8 Å². The molecular weight excluding hydrogens is 260 g/mol. The molecule has 1 aromatic carbocycles. The van der Waals surface area contributed by atoms with Gasteiger partial charge in [0.05, 0.1) is 17.2 Å². The lowest BCUT2D eigenvalue weighted by Gasteiger charge is -2.00. The molecule has 1 heterocycles. The Bertz CT molecular complexity index is 682. The number of aromatic nitrogens is 2. The number of nitro benzene ring substituents is 1. The summed E-state index contributed by atoms with van der Waals surface area (Å²) < 4.78 is 1.45. The molecule has 100 valence electrons. The largest absolute Gasteiger partial charge is 0.340 e. The predicted molar refractivity (Wildman–Crippen MR) is 71.4 cm³/mol. The zero-order valence-corrected chi connectivity index (χ0v) is 10.3. The molecule has 7 heteroatoms. The molecule has 0 saturated heterocycles. The first-order chi connectivity index (χ1) is 9.61. The molecule has 0 bridgehead atoms. The van der Waals surface area contributed by atoms with Gasteiger partial charge in [0.15, 0.2) is 5.69 Å². The lowest BCUT2D eigenvalue weighted by Crippen LogP contribution is -2.24. The third kappa shape index (κ3) is 2.81. The highest BCUT2D eigenvalue weighted by atomic mass is 16.6. The van der Waals surface area contributed by atoms with Crippen LogP contribution in [0, 0.1) is 22.5 Å². The SMILES string of the molecule is C#CCNC(=O)c1ccn(-c2ccc([N+](=O)[O-])cc2)n1.